The summed E-state index contributed by atoms with van der Waals surface area (Å²) in [5.74, 6) is -1.74. The fraction of sp³-hybridized carbons (Fsp3) is 0.0909. The maximum atomic E-state index is 12.7. The number of para-hydroxylation sites is 1. The van der Waals surface area contributed by atoms with Gasteiger partial charge in [0.25, 0.3) is 0 Å². The van der Waals surface area contributed by atoms with Crippen molar-refractivity contribution in [3.63, 3.8) is 0 Å². The van der Waals surface area contributed by atoms with Crippen LogP contribution in [0.25, 0.3) is 10.9 Å². The van der Waals surface area contributed by atoms with E-state index < -0.39 is 34.2 Å². The molecule has 0 saturated heterocycles. The smallest absolute Gasteiger partial charge is 0.418 e. The Kier molecular flexibility index (Phi) is 2.61. The summed E-state index contributed by atoms with van der Waals surface area (Å²) >= 11 is 0. The van der Waals surface area contributed by atoms with E-state index in [1.807, 2.05) is 0 Å². The molecule has 1 heterocycles. The van der Waals surface area contributed by atoms with Crippen molar-refractivity contribution in [2.45, 2.75) is 6.18 Å². The summed E-state index contributed by atoms with van der Waals surface area (Å²) in [6, 6.07) is 2.96. The van der Waals surface area contributed by atoms with Crippen molar-refractivity contribution in [1.82, 2.24) is 4.98 Å². The van der Waals surface area contributed by atoms with Crippen molar-refractivity contribution < 1.29 is 23.1 Å². The third-order valence-corrected chi connectivity index (χ3v) is 2.44. The molecule has 0 saturated carbocycles. The van der Waals surface area contributed by atoms with Crippen LogP contribution in [-0.2, 0) is 6.18 Å². The monoisotopic (exact) mass is 256 g/mol. The fourth-order valence-electron chi connectivity index (χ4n) is 1.64. The normalized spacial score (nSPS) is 11.7. The predicted molar refractivity (Wildman–Crippen MR) is 53.9 cm³/mol. The van der Waals surface area contributed by atoms with E-state index in [-0.39, 0.29) is 5.39 Å². The molecule has 0 radical (unpaired) electrons. The van der Waals surface area contributed by atoms with E-state index in [0.717, 1.165) is 18.2 Å². The number of carbonyl (C=O) groups is 1. The van der Waals surface area contributed by atoms with Crippen molar-refractivity contribution in [2.75, 3.05) is 0 Å². The number of carboxylic acid groups (broad SMARTS) is 1. The van der Waals surface area contributed by atoms with E-state index >= 15 is 0 Å². The first-order chi connectivity index (χ1) is 8.32. The number of pyridine rings is 1. The zero-order valence-electron chi connectivity index (χ0n) is 8.67. The summed E-state index contributed by atoms with van der Waals surface area (Å²) in [4.78, 5) is 24.4. The molecule has 2 rings (SSSR count). The summed E-state index contributed by atoms with van der Waals surface area (Å²) in [7, 11) is 0. The van der Waals surface area contributed by atoms with E-state index in [1.54, 1.807) is 0 Å². The zero-order valence-corrected chi connectivity index (χ0v) is 8.67. The number of aromatic nitrogens is 1. The number of hydrogen-bond donors (Lipinski definition) is 1. The molecule has 0 amide bonds. The van der Waals surface area contributed by atoms with Crippen LogP contribution in [-0.4, -0.2) is 11.0 Å². The van der Waals surface area contributed by atoms with E-state index in [2.05, 4.69) is 4.98 Å². The molecule has 1 N–H and O–H groups in total. The Bertz CT molecular complexity index is 688. The summed E-state index contributed by atoms with van der Waals surface area (Å²) in [5, 5.41) is 10.3. The van der Waals surface area contributed by atoms with Crippen molar-refractivity contribution in [3.05, 3.63) is 45.7 Å². The number of halogens is 3. The molecule has 1 aromatic heterocycles. The molecule has 7 heteroatoms. The van der Waals surface area contributed by atoms with Gasteiger partial charge in [0.15, 0.2) is 5.43 Å². The molecular formula is C11H5F3NO3-. The van der Waals surface area contributed by atoms with Gasteiger partial charge < -0.3 is 14.9 Å². The standard InChI is InChI=1S/C11H6F3NO3/c12-11(13,14)7-3-1-2-5-8(7)15-4-6(9(5)16)10(17)18/h1-4H,(H,15,16)(H,17,18)/p-1. The minimum Gasteiger partial charge on any atom is -0.545 e. The first kappa shape index (κ1) is 12.2. The van der Waals surface area contributed by atoms with E-state index in [1.165, 1.54) is 0 Å². The second kappa shape index (κ2) is 3.86. The first-order valence-corrected chi connectivity index (χ1v) is 4.75. The second-order valence-corrected chi connectivity index (χ2v) is 3.54. The van der Waals surface area contributed by atoms with Gasteiger partial charge >= 0.3 is 6.18 Å². The molecule has 0 atom stereocenters. The highest BCUT2D eigenvalue weighted by Crippen LogP contribution is 2.32. The van der Waals surface area contributed by atoms with Gasteiger partial charge in [-0.05, 0) is 12.1 Å². The Hall–Kier alpha value is -2.31. The maximum Gasteiger partial charge on any atom is 0.418 e. The minimum absolute atomic E-state index is 0.341. The number of carboxylic acids is 1. The lowest BCUT2D eigenvalue weighted by molar-refractivity contribution is -0.255. The van der Waals surface area contributed by atoms with Gasteiger partial charge in [0.05, 0.1) is 22.6 Å². The number of fused-ring (bicyclic) bond motifs is 1. The van der Waals surface area contributed by atoms with Crippen molar-refractivity contribution in [3.8, 4) is 0 Å². The number of hydrogen-bond acceptors (Lipinski definition) is 3. The van der Waals surface area contributed by atoms with Gasteiger partial charge in [0.2, 0.25) is 0 Å². The molecule has 0 aliphatic rings. The highest BCUT2D eigenvalue weighted by Gasteiger charge is 2.33. The van der Waals surface area contributed by atoms with Crippen LogP contribution in [0.2, 0.25) is 0 Å². The Morgan fingerprint density at radius 1 is 1.28 bits per heavy atom. The SMILES string of the molecule is O=C([O-])c1c[nH]c2c(C(F)(F)F)cccc2c1=O. The molecule has 0 aliphatic carbocycles. The molecule has 0 unspecified atom stereocenters. The van der Waals surface area contributed by atoms with Gasteiger partial charge in [0.1, 0.15) is 0 Å². The number of carbonyl (C=O) groups excluding carboxylic acids is 1. The second-order valence-electron chi connectivity index (χ2n) is 3.54. The van der Waals surface area contributed by atoms with Gasteiger partial charge in [-0.15, -0.1) is 0 Å². The van der Waals surface area contributed by atoms with Gasteiger partial charge in [-0.25, -0.2) is 0 Å². The summed E-state index contributed by atoms with van der Waals surface area (Å²) in [6.07, 6.45) is -3.93. The molecule has 2 aromatic rings. The molecule has 18 heavy (non-hydrogen) atoms. The molecule has 94 valence electrons. The highest BCUT2D eigenvalue weighted by atomic mass is 19.4. The predicted octanol–water partition coefficient (Wildman–Crippen LogP) is 0.910. The minimum atomic E-state index is -4.63. The Morgan fingerprint density at radius 3 is 2.50 bits per heavy atom. The van der Waals surface area contributed by atoms with Crippen molar-refractivity contribution >= 4 is 16.9 Å². The van der Waals surface area contributed by atoms with E-state index in [0.29, 0.717) is 6.20 Å². The van der Waals surface area contributed by atoms with E-state index in [4.69, 9.17) is 0 Å². The van der Waals surface area contributed by atoms with Crippen molar-refractivity contribution in [1.29, 1.82) is 0 Å². The van der Waals surface area contributed by atoms with Crippen LogP contribution in [0.5, 0.6) is 0 Å². The number of alkyl halides is 3. The average Bonchev–Trinajstić information content (AvgIpc) is 2.27. The van der Waals surface area contributed by atoms with Crippen LogP contribution in [0.4, 0.5) is 13.2 Å². The molecular weight excluding hydrogens is 251 g/mol. The molecule has 0 aliphatic heterocycles. The Balaban J connectivity index is 2.88. The lowest BCUT2D eigenvalue weighted by Crippen LogP contribution is -2.29. The lowest BCUT2D eigenvalue weighted by Gasteiger charge is -2.10. The molecule has 0 bridgehead atoms. The Labute approximate surface area is 97.7 Å². The largest absolute Gasteiger partial charge is 0.545 e. The number of benzene rings is 1. The molecule has 4 nitrogen and oxygen atoms in total. The quantitative estimate of drug-likeness (QED) is 0.824. The van der Waals surface area contributed by atoms with Crippen LogP contribution in [0.3, 0.4) is 0 Å². The third kappa shape index (κ3) is 1.83. The Morgan fingerprint density at radius 2 is 1.94 bits per heavy atom. The van der Waals surface area contributed by atoms with Crippen LogP contribution in [0, 0.1) is 0 Å². The number of nitrogens with one attached hydrogen (secondary N) is 1. The summed E-state index contributed by atoms with van der Waals surface area (Å²) in [6.45, 7) is 0. The molecule has 1 aromatic carbocycles. The molecule has 0 fully saturated rings. The van der Waals surface area contributed by atoms with Crippen LogP contribution >= 0.6 is 0 Å². The number of rotatable bonds is 1. The van der Waals surface area contributed by atoms with Crippen molar-refractivity contribution in [2.24, 2.45) is 0 Å². The molecule has 0 spiro atoms. The number of H-pyrrole nitrogens is 1. The van der Waals surface area contributed by atoms with Crippen LogP contribution in [0.15, 0.2) is 29.2 Å². The third-order valence-electron chi connectivity index (χ3n) is 2.44. The summed E-state index contributed by atoms with van der Waals surface area (Å²) < 4.78 is 38.0. The van der Waals surface area contributed by atoms with Gasteiger partial charge in [-0.3, -0.25) is 4.79 Å². The zero-order chi connectivity index (χ0) is 13.5. The van der Waals surface area contributed by atoms with Gasteiger partial charge in [-0.2, -0.15) is 13.2 Å². The first-order valence-electron chi connectivity index (χ1n) is 4.75. The van der Waals surface area contributed by atoms with Gasteiger partial charge in [-0.1, -0.05) is 6.07 Å². The topological polar surface area (TPSA) is 73.0 Å². The van der Waals surface area contributed by atoms with Crippen LogP contribution in [0.1, 0.15) is 15.9 Å². The number of aromatic amines is 1. The highest BCUT2D eigenvalue weighted by molar-refractivity contribution is 5.92. The average molecular weight is 256 g/mol. The maximum absolute atomic E-state index is 12.7. The van der Waals surface area contributed by atoms with E-state index in [9.17, 15) is 27.9 Å². The number of aromatic carboxylic acids is 1. The van der Waals surface area contributed by atoms with Crippen LogP contribution < -0.4 is 10.5 Å². The summed E-state index contributed by atoms with van der Waals surface area (Å²) in [5.41, 5.74) is -3.18. The fourth-order valence-corrected chi connectivity index (χ4v) is 1.64. The lowest BCUT2D eigenvalue weighted by atomic mass is 10.1. The van der Waals surface area contributed by atoms with Gasteiger partial charge in [0, 0.05) is 11.6 Å².